The molecule has 2 nitrogen and oxygen atoms in total. The lowest BCUT2D eigenvalue weighted by molar-refractivity contribution is 0.281. The van der Waals surface area contributed by atoms with Crippen molar-refractivity contribution >= 4 is 40.5 Å². The lowest BCUT2D eigenvalue weighted by Crippen LogP contribution is -2.22. The fraction of sp³-hybridized carbons (Fsp3) is 0.250. The van der Waals surface area contributed by atoms with Gasteiger partial charge in [-0.15, -0.1) is 0 Å². The smallest absolute Gasteiger partial charge is 0.0780 e. The summed E-state index contributed by atoms with van der Waals surface area (Å²) in [4.78, 5) is 2.14. The molecule has 5 heteroatoms. The van der Waals surface area contributed by atoms with Gasteiger partial charge in [-0.3, -0.25) is 0 Å². The van der Waals surface area contributed by atoms with Gasteiger partial charge in [0.05, 0.1) is 21.7 Å². The second-order valence-electron chi connectivity index (χ2n) is 4.72. The zero-order chi connectivity index (χ0) is 15.4. The van der Waals surface area contributed by atoms with Crippen LogP contribution < -0.4 is 4.90 Å². The number of hydrogen-bond donors (Lipinski definition) is 1. The van der Waals surface area contributed by atoms with E-state index in [2.05, 4.69) is 11.8 Å². The van der Waals surface area contributed by atoms with Crippen LogP contribution in [0.25, 0.3) is 0 Å². The molecule has 2 aromatic carbocycles. The Hall–Kier alpha value is -0.930. The van der Waals surface area contributed by atoms with Gasteiger partial charge in [-0.1, -0.05) is 59.1 Å². The number of rotatable bonds is 5. The molecular formula is C16H16Cl3NO. The molecular weight excluding hydrogens is 329 g/mol. The van der Waals surface area contributed by atoms with Gasteiger partial charge in [0, 0.05) is 18.8 Å². The topological polar surface area (TPSA) is 23.5 Å². The number of nitrogens with zero attached hydrogens (tertiary/aromatic N) is 1. The number of halogens is 3. The van der Waals surface area contributed by atoms with E-state index in [4.69, 9.17) is 34.8 Å². The molecule has 2 rings (SSSR count). The molecule has 1 N–H and O–H groups in total. The first kappa shape index (κ1) is 16.4. The van der Waals surface area contributed by atoms with Crippen molar-refractivity contribution in [2.45, 2.75) is 20.1 Å². The fourth-order valence-electron chi connectivity index (χ4n) is 2.16. The first-order chi connectivity index (χ1) is 10.0. The first-order valence-electron chi connectivity index (χ1n) is 6.63. The Morgan fingerprint density at radius 1 is 1.00 bits per heavy atom. The standard InChI is InChI=1S/C16H16Cl3NO/c1-2-20(9-11-4-3-5-12(6-11)10-21)13-7-14(17)16(19)15(18)8-13/h3-8,21H,2,9-10H2,1H3. The lowest BCUT2D eigenvalue weighted by Gasteiger charge is -2.24. The van der Waals surface area contributed by atoms with E-state index in [9.17, 15) is 5.11 Å². The molecule has 0 aromatic heterocycles. The van der Waals surface area contributed by atoms with Crippen LogP contribution in [0.2, 0.25) is 15.1 Å². The largest absolute Gasteiger partial charge is 0.392 e. The maximum absolute atomic E-state index is 9.21. The molecule has 2 aromatic rings. The molecule has 0 aliphatic heterocycles. The fourth-order valence-corrected chi connectivity index (χ4v) is 2.74. The maximum Gasteiger partial charge on any atom is 0.0780 e. The zero-order valence-corrected chi connectivity index (χ0v) is 13.9. The number of aliphatic hydroxyl groups excluding tert-OH is 1. The number of aliphatic hydroxyl groups is 1. The molecule has 0 spiro atoms. The van der Waals surface area contributed by atoms with Crippen molar-refractivity contribution in [3.8, 4) is 0 Å². The molecule has 0 radical (unpaired) electrons. The highest BCUT2D eigenvalue weighted by Crippen LogP contribution is 2.35. The summed E-state index contributed by atoms with van der Waals surface area (Å²) in [7, 11) is 0. The molecule has 0 saturated carbocycles. The summed E-state index contributed by atoms with van der Waals surface area (Å²) < 4.78 is 0. The first-order valence-corrected chi connectivity index (χ1v) is 7.76. The SMILES string of the molecule is CCN(Cc1cccc(CO)c1)c1cc(Cl)c(Cl)c(Cl)c1. The van der Waals surface area contributed by atoms with Gasteiger partial charge in [-0.05, 0) is 30.2 Å². The van der Waals surface area contributed by atoms with Gasteiger partial charge in [0.1, 0.15) is 0 Å². The Morgan fingerprint density at radius 2 is 1.62 bits per heavy atom. The van der Waals surface area contributed by atoms with Gasteiger partial charge in [0.2, 0.25) is 0 Å². The van der Waals surface area contributed by atoms with Gasteiger partial charge < -0.3 is 10.0 Å². The predicted molar refractivity (Wildman–Crippen MR) is 90.6 cm³/mol. The summed E-state index contributed by atoms with van der Waals surface area (Å²) in [6.07, 6.45) is 0. The Labute approximate surface area is 139 Å². The van der Waals surface area contributed by atoms with Crippen LogP contribution in [0.3, 0.4) is 0 Å². The van der Waals surface area contributed by atoms with E-state index in [1.807, 2.05) is 36.4 Å². The molecule has 0 atom stereocenters. The monoisotopic (exact) mass is 343 g/mol. The highest BCUT2D eigenvalue weighted by atomic mass is 35.5. The zero-order valence-electron chi connectivity index (χ0n) is 11.6. The lowest BCUT2D eigenvalue weighted by atomic mass is 10.1. The van der Waals surface area contributed by atoms with Crippen molar-refractivity contribution < 1.29 is 5.11 Å². The van der Waals surface area contributed by atoms with Crippen molar-refractivity contribution in [2.24, 2.45) is 0 Å². The quantitative estimate of drug-likeness (QED) is 0.757. The molecule has 0 aliphatic carbocycles. The van der Waals surface area contributed by atoms with Crippen molar-refractivity contribution in [1.82, 2.24) is 0 Å². The summed E-state index contributed by atoms with van der Waals surface area (Å²) in [5.41, 5.74) is 2.94. The van der Waals surface area contributed by atoms with Gasteiger partial charge in [0.15, 0.2) is 0 Å². The maximum atomic E-state index is 9.21. The van der Waals surface area contributed by atoms with E-state index in [-0.39, 0.29) is 6.61 Å². The highest BCUT2D eigenvalue weighted by molar-refractivity contribution is 6.48. The summed E-state index contributed by atoms with van der Waals surface area (Å²) in [5.74, 6) is 0. The number of hydrogen-bond acceptors (Lipinski definition) is 2. The average molecular weight is 345 g/mol. The van der Waals surface area contributed by atoms with E-state index in [1.54, 1.807) is 0 Å². The molecule has 0 fully saturated rings. The van der Waals surface area contributed by atoms with Gasteiger partial charge in [-0.2, -0.15) is 0 Å². The molecule has 0 saturated heterocycles. The molecule has 21 heavy (non-hydrogen) atoms. The molecule has 0 unspecified atom stereocenters. The van der Waals surface area contributed by atoms with E-state index in [1.165, 1.54) is 0 Å². The minimum Gasteiger partial charge on any atom is -0.392 e. The Kier molecular flexibility index (Phi) is 5.77. The van der Waals surface area contributed by atoms with Gasteiger partial charge in [-0.25, -0.2) is 0 Å². The normalized spacial score (nSPS) is 10.7. The second-order valence-corrected chi connectivity index (χ2v) is 5.91. The third-order valence-corrected chi connectivity index (χ3v) is 4.46. The van der Waals surface area contributed by atoms with Crippen LogP contribution in [0.5, 0.6) is 0 Å². The molecule has 112 valence electrons. The minimum atomic E-state index is 0.0402. The van der Waals surface area contributed by atoms with Gasteiger partial charge in [0.25, 0.3) is 0 Å². The Bertz CT molecular complexity index is 608. The van der Waals surface area contributed by atoms with Crippen LogP contribution in [-0.4, -0.2) is 11.7 Å². The van der Waals surface area contributed by atoms with Crippen LogP contribution >= 0.6 is 34.8 Å². The van der Waals surface area contributed by atoms with Crippen LogP contribution in [0, 0.1) is 0 Å². The van der Waals surface area contributed by atoms with E-state index >= 15 is 0 Å². The second kappa shape index (κ2) is 7.37. The van der Waals surface area contributed by atoms with Crippen molar-refractivity contribution in [3.05, 3.63) is 62.6 Å². The van der Waals surface area contributed by atoms with Crippen LogP contribution in [-0.2, 0) is 13.2 Å². The molecule has 0 amide bonds. The van der Waals surface area contributed by atoms with Crippen molar-refractivity contribution in [2.75, 3.05) is 11.4 Å². The Morgan fingerprint density at radius 3 is 2.19 bits per heavy atom. The van der Waals surface area contributed by atoms with E-state index < -0.39 is 0 Å². The number of benzene rings is 2. The summed E-state index contributed by atoms with van der Waals surface area (Å²) >= 11 is 18.2. The third-order valence-electron chi connectivity index (χ3n) is 3.26. The predicted octanol–water partition coefficient (Wildman–Crippen LogP) is 5.17. The van der Waals surface area contributed by atoms with Crippen molar-refractivity contribution in [3.63, 3.8) is 0 Å². The molecule has 0 bridgehead atoms. The average Bonchev–Trinajstić information content (AvgIpc) is 2.50. The van der Waals surface area contributed by atoms with Crippen LogP contribution in [0.1, 0.15) is 18.1 Å². The Balaban J connectivity index is 2.27. The number of anilines is 1. The van der Waals surface area contributed by atoms with E-state index in [0.29, 0.717) is 21.6 Å². The van der Waals surface area contributed by atoms with Crippen LogP contribution in [0.4, 0.5) is 5.69 Å². The summed E-state index contributed by atoms with van der Waals surface area (Å²) in [5, 5.41) is 10.5. The van der Waals surface area contributed by atoms with Gasteiger partial charge >= 0.3 is 0 Å². The minimum absolute atomic E-state index is 0.0402. The summed E-state index contributed by atoms with van der Waals surface area (Å²) in [6.45, 7) is 3.61. The highest BCUT2D eigenvalue weighted by Gasteiger charge is 2.11. The van der Waals surface area contributed by atoms with Crippen LogP contribution in [0.15, 0.2) is 36.4 Å². The third kappa shape index (κ3) is 4.04. The van der Waals surface area contributed by atoms with E-state index in [0.717, 1.165) is 23.4 Å². The summed E-state index contributed by atoms with van der Waals surface area (Å²) in [6, 6.07) is 11.5. The molecule has 0 aliphatic rings. The molecule has 0 heterocycles. The van der Waals surface area contributed by atoms with Crippen molar-refractivity contribution in [1.29, 1.82) is 0 Å².